The molecule has 0 saturated carbocycles. The molecule has 2 unspecified atom stereocenters. The summed E-state index contributed by atoms with van der Waals surface area (Å²) >= 11 is 0. The van der Waals surface area contributed by atoms with Crippen LogP contribution in [-0.4, -0.2) is 35.7 Å². The second-order valence-corrected chi connectivity index (χ2v) is 6.28. The molecule has 0 spiro atoms. The van der Waals surface area contributed by atoms with Crippen LogP contribution in [0.1, 0.15) is 46.0 Å². The van der Waals surface area contributed by atoms with E-state index in [1.54, 1.807) is 0 Å². The van der Waals surface area contributed by atoms with Gasteiger partial charge in [0.2, 0.25) is 5.91 Å². The summed E-state index contributed by atoms with van der Waals surface area (Å²) in [6.45, 7) is 4.07. The van der Waals surface area contributed by atoms with Crippen molar-refractivity contribution in [1.82, 2.24) is 10.6 Å². The predicted molar refractivity (Wildman–Crippen MR) is 71.1 cm³/mol. The van der Waals surface area contributed by atoms with E-state index in [2.05, 4.69) is 10.6 Å². The number of hydrogen-bond acceptors (Lipinski definition) is 3. The summed E-state index contributed by atoms with van der Waals surface area (Å²) in [4.78, 5) is 12.0. The van der Waals surface area contributed by atoms with Crippen molar-refractivity contribution >= 4 is 5.91 Å². The molecule has 104 valence electrons. The van der Waals surface area contributed by atoms with Crippen LogP contribution < -0.4 is 10.6 Å². The van der Waals surface area contributed by atoms with E-state index in [0.717, 1.165) is 12.8 Å². The number of carbonyl (C=O) groups is 1. The van der Waals surface area contributed by atoms with Gasteiger partial charge >= 0.3 is 0 Å². The summed E-state index contributed by atoms with van der Waals surface area (Å²) in [6, 6.07) is 1.18. The van der Waals surface area contributed by atoms with Crippen molar-refractivity contribution in [2.45, 2.75) is 64.1 Å². The van der Waals surface area contributed by atoms with Crippen LogP contribution in [-0.2, 0) is 4.79 Å². The average Bonchev–Trinajstić information content (AvgIpc) is 2.65. The van der Waals surface area contributed by atoms with Crippen LogP contribution in [0.4, 0.5) is 0 Å². The van der Waals surface area contributed by atoms with Crippen LogP contribution in [0.25, 0.3) is 0 Å². The Balaban J connectivity index is 1.77. The Morgan fingerprint density at radius 1 is 1.33 bits per heavy atom. The maximum Gasteiger partial charge on any atom is 0.220 e. The number of hydrogen-bond donors (Lipinski definition) is 3. The van der Waals surface area contributed by atoms with E-state index in [9.17, 15) is 9.90 Å². The Bertz CT molecular complexity index is 282. The summed E-state index contributed by atoms with van der Waals surface area (Å²) in [5.41, 5.74) is 0. The first-order valence-corrected chi connectivity index (χ1v) is 7.24. The number of rotatable bonds is 5. The molecule has 2 fully saturated rings. The van der Waals surface area contributed by atoms with Crippen LogP contribution >= 0.6 is 0 Å². The number of fused-ring (bicyclic) bond motifs is 2. The first-order chi connectivity index (χ1) is 8.58. The number of aliphatic hydroxyl groups excluding tert-OH is 1. The third kappa shape index (κ3) is 3.45. The van der Waals surface area contributed by atoms with Gasteiger partial charge in [-0.25, -0.2) is 0 Å². The van der Waals surface area contributed by atoms with Gasteiger partial charge in [-0.1, -0.05) is 13.8 Å². The topological polar surface area (TPSA) is 61.4 Å². The van der Waals surface area contributed by atoms with Crippen LogP contribution in [0.2, 0.25) is 0 Å². The van der Waals surface area contributed by atoms with Gasteiger partial charge in [0.05, 0.1) is 12.6 Å². The minimum atomic E-state index is -0.101. The summed E-state index contributed by atoms with van der Waals surface area (Å²) < 4.78 is 0. The van der Waals surface area contributed by atoms with Gasteiger partial charge in [0.15, 0.2) is 0 Å². The molecule has 0 aliphatic carbocycles. The first-order valence-electron chi connectivity index (χ1n) is 7.24. The average molecular weight is 254 g/mol. The lowest BCUT2D eigenvalue weighted by atomic mass is 9.89. The zero-order valence-corrected chi connectivity index (χ0v) is 11.5. The van der Waals surface area contributed by atoms with E-state index < -0.39 is 0 Å². The van der Waals surface area contributed by atoms with Gasteiger partial charge in [0.25, 0.3) is 0 Å². The molecule has 3 atom stereocenters. The zero-order chi connectivity index (χ0) is 13.1. The number of carbonyl (C=O) groups excluding carboxylic acids is 1. The maximum absolute atomic E-state index is 12.0. The molecule has 3 N–H and O–H groups in total. The van der Waals surface area contributed by atoms with Gasteiger partial charge in [-0.2, -0.15) is 0 Å². The molecule has 0 radical (unpaired) electrons. The van der Waals surface area contributed by atoms with Crippen molar-refractivity contribution in [1.29, 1.82) is 0 Å². The largest absolute Gasteiger partial charge is 0.394 e. The number of amides is 1. The monoisotopic (exact) mass is 254 g/mol. The summed E-state index contributed by atoms with van der Waals surface area (Å²) in [5, 5.41) is 15.8. The summed E-state index contributed by atoms with van der Waals surface area (Å²) in [5.74, 6) is 0.910. The normalized spacial score (nSPS) is 32.6. The van der Waals surface area contributed by atoms with Crippen LogP contribution in [0.3, 0.4) is 0 Å². The van der Waals surface area contributed by atoms with Crippen molar-refractivity contribution in [3.8, 4) is 0 Å². The lowest BCUT2D eigenvalue weighted by molar-refractivity contribution is -0.123. The lowest BCUT2D eigenvalue weighted by Crippen LogP contribution is -2.44. The number of nitrogens with one attached hydrogen (secondary N) is 2. The molecule has 2 bridgehead atoms. The summed E-state index contributed by atoms with van der Waals surface area (Å²) in [6.07, 6.45) is 5.44. The molecule has 0 aromatic heterocycles. The molecule has 2 aliphatic heterocycles. The van der Waals surface area contributed by atoms with E-state index in [-0.39, 0.29) is 24.5 Å². The van der Waals surface area contributed by atoms with E-state index in [1.165, 1.54) is 12.8 Å². The van der Waals surface area contributed by atoms with E-state index in [1.807, 2.05) is 13.8 Å². The predicted octanol–water partition coefficient (Wildman–Crippen LogP) is 1.04. The maximum atomic E-state index is 12.0. The van der Waals surface area contributed by atoms with Crippen LogP contribution in [0.5, 0.6) is 0 Å². The quantitative estimate of drug-likeness (QED) is 0.687. The molecule has 4 heteroatoms. The zero-order valence-electron chi connectivity index (χ0n) is 11.5. The second kappa shape index (κ2) is 6.02. The Morgan fingerprint density at radius 3 is 2.44 bits per heavy atom. The standard InChI is InChI=1S/C14H26N2O2/c1-9(2)13(8-17)16-14(18)7-10-5-11-3-4-12(6-10)15-11/h9-13,15,17H,3-8H2,1-2H3,(H,16,18)/t10?,11?,12?,13-/m1/s1. The number of piperidine rings is 1. The fourth-order valence-corrected chi connectivity index (χ4v) is 3.29. The Hall–Kier alpha value is -0.610. The van der Waals surface area contributed by atoms with Crippen molar-refractivity contribution < 1.29 is 9.90 Å². The van der Waals surface area contributed by atoms with Gasteiger partial charge < -0.3 is 15.7 Å². The summed E-state index contributed by atoms with van der Waals surface area (Å²) in [7, 11) is 0. The molecule has 18 heavy (non-hydrogen) atoms. The minimum absolute atomic E-state index is 0.0286. The highest BCUT2D eigenvalue weighted by molar-refractivity contribution is 5.76. The van der Waals surface area contributed by atoms with E-state index in [4.69, 9.17) is 0 Å². The fourth-order valence-electron chi connectivity index (χ4n) is 3.29. The highest BCUT2D eigenvalue weighted by Gasteiger charge is 2.34. The Kier molecular flexibility index (Phi) is 4.62. The van der Waals surface area contributed by atoms with Gasteiger partial charge in [0, 0.05) is 18.5 Å². The van der Waals surface area contributed by atoms with Crippen molar-refractivity contribution in [2.24, 2.45) is 11.8 Å². The molecule has 2 aliphatic rings. The molecule has 2 saturated heterocycles. The molecule has 0 aromatic rings. The molecular weight excluding hydrogens is 228 g/mol. The van der Waals surface area contributed by atoms with Gasteiger partial charge in [-0.3, -0.25) is 4.79 Å². The molecule has 4 nitrogen and oxygen atoms in total. The van der Waals surface area contributed by atoms with Crippen molar-refractivity contribution in [2.75, 3.05) is 6.61 Å². The van der Waals surface area contributed by atoms with Crippen LogP contribution in [0.15, 0.2) is 0 Å². The first kappa shape index (κ1) is 13.8. The molecule has 2 heterocycles. The van der Waals surface area contributed by atoms with Crippen molar-refractivity contribution in [3.63, 3.8) is 0 Å². The molecule has 0 aromatic carbocycles. The van der Waals surface area contributed by atoms with E-state index in [0.29, 0.717) is 24.4 Å². The lowest BCUT2D eigenvalue weighted by Gasteiger charge is -2.29. The fraction of sp³-hybridized carbons (Fsp3) is 0.929. The highest BCUT2D eigenvalue weighted by Crippen LogP contribution is 2.32. The van der Waals surface area contributed by atoms with Crippen LogP contribution in [0, 0.1) is 11.8 Å². The Morgan fingerprint density at radius 2 is 1.94 bits per heavy atom. The molecule has 2 rings (SSSR count). The van der Waals surface area contributed by atoms with Gasteiger partial charge in [-0.15, -0.1) is 0 Å². The molecule has 1 amide bonds. The van der Waals surface area contributed by atoms with Gasteiger partial charge in [0.1, 0.15) is 0 Å². The Labute approximate surface area is 110 Å². The number of aliphatic hydroxyl groups is 1. The van der Waals surface area contributed by atoms with E-state index >= 15 is 0 Å². The third-order valence-corrected chi connectivity index (χ3v) is 4.39. The smallest absolute Gasteiger partial charge is 0.220 e. The van der Waals surface area contributed by atoms with Gasteiger partial charge in [-0.05, 0) is 37.5 Å². The minimum Gasteiger partial charge on any atom is -0.394 e. The van der Waals surface area contributed by atoms with Crippen molar-refractivity contribution in [3.05, 3.63) is 0 Å². The second-order valence-electron chi connectivity index (χ2n) is 6.28. The highest BCUT2D eigenvalue weighted by atomic mass is 16.3. The SMILES string of the molecule is CC(C)[C@@H](CO)NC(=O)CC1CC2CCC(C1)N2. The molecular formula is C14H26N2O2. The third-order valence-electron chi connectivity index (χ3n) is 4.39.